The number of halogens is 2. The second kappa shape index (κ2) is 4.70. The van der Waals surface area contributed by atoms with Gasteiger partial charge in [0.05, 0.1) is 11.8 Å². The number of anilines is 1. The van der Waals surface area contributed by atoms with E-state index in [0.717, 1.165) is 25.0 Å². The topological polar surface area (TPSA) is 66.6 Å². The van der Waals surface area contributed by atoms with E-state index in [4.69, 9.17) is 5.73 Å². The minimum atomic E-state index is -1.000. The van der Waals surface area contributed by atoms with Gasteiger partial charge in [0.2, 0.25) is 0 Å². The molecule has 2 heterocycles. The summed E-state index contributed by atoms with van der Waals surface area (Å²) < 4.78 is 27.8. The summed E-state index contributed by atoms with van der Waals surface area (Å²) in [5.74, 6) is -2.56. The second-order valence-electron chi connectivity index (χ2n) is 5.55. The molecule has 1 aromatic rings. The van der Waals surface area contributed by atoms with Gasteiger partial charge < -0.3 is 15.7 Å². The molecule has 0 spiro atoms. The number of nitrogen functional groups attached to an aromatic ring is 1. The van der Waals surface area contributed by atoms with E-state index in [1.165, 1.54) is 4.90 Å². The Morgan fingerprint density at radius 1 is 1.25 bits per heavy atom. The zero-order valence-corrected chi connectivity index (χ0v) is 10.9. The van der Waals surface area contributed by atoms with Gasteiger partial charge in [-0.2, -0.15) is 0 Å². The van der Waals surface area contributed by atoms with E-state index in [1.807, 2.05) is 0 Å². The van der Waals surface area contributed by atoms with E-state index in [0.29, 0.717) is 12.8 Å². The standard InChI is InChI=1S/C14H16F2N2O2/c15-10-3-4-11(17)13(16)12(10)14(20)18-7-1-2-8(18)6-9(19)5-7/h3-4,7-9,19H,1-2,5-6,17H2. The first kappa shape index (κ1) is 13.3. The monoisotopic (exact) mass is 282 g/mol. The molecule has 1 amide bonds. The minimum Gasteiger partial charge on any atom is -0.396 e. The number of fused-ring (bicyclic) bond motifs is 2. The highest BCUT2D eigenvalue weighted by Crippen LogP contribution is 2.37. The number of benzene rings is 1. The molecule has 0 aromatic heterocycles. The molecule has 3 rings (SSSR count). The predicted octanol–water partition coefficient (Wildman–Crippen LogP) is 1.67. The van der Waals surface area contributed by atoms with Crippen LogP contribution in [-0.4, -0.2) is 34.1 Å². The van der Waals surface area contributed by atoms with Gasteiger partial charge in [0.15, 0.2) is 5.82 Å². The quantitative estimate of drug-likeness (QED) is 0.770. The number of amides is 1. The van der Waals surface area contributed by atoms with E-state index in [2.05, 4.69) is 0 Å². The van der Waals surface area contributed by atoms with Crippen molar-refractivity contribution in [3.8, 4) is 0 Å². The molecule has 6 heteroatoms. The Morgan fingerprint density at radius 2 is 1.85 bits per heavy atom. The van der Waals surface area contributed by atoms with Crippen molar-refractivity contribution in [3.63, 3.8) is 0 Å². The Bertz CT molecular complexity index is 550. The maximum absolute atomic E-state index is 14.0. The number of hydrogen-bond acceptors (Lipinski definition) is 3. The number of nitrogens with two attached hydrogens (primary N) is 1. The Hall–Kier alpha value is -1.69. The first-order chi connectivity index (χ1) is 9.49. The van der Waals surface area contributed by atoms with Crippen LogP contribution in [0.15, 0.2) is 12.1 Å². The van der Waals surface area contributed by atoms with E-state index >= 15 is 0 Å². The maximum Gasteiger partial charge on any atom is 0.260 e. The fraction of sp³-hybridized carbons (Fsp3) is 0.500. The summed E-state index contributed by atoms with van der Waals surface area (Å²) in [6, 6.07) is 1.83. The molecule has 2 aliphatic heterocycles. The number of carbonyl (C=O) groups excluding carboxylic acids is 1. The molecule has 0 saturated carbocycles. The molecule has 2 fully saturated rings. The van der Waals surface area contributed by atoms with Gasteiger partial charge in [-0.1, -0.05) is 0 Å². The fourth-order valence-corrected chi connectivity index (χ4v) is 3.37. The normalized spacial score (nSPS) is 28.8. The van der Waals surface area contributed by atoms with Gasteiger partial charge in [-0.3, -0.25) is 4.79 Å². The number of aliphatic hydroxyl groups is 1. The molecule has 2 bridgehead atoms. The molecule has 4 nitrogen and oxygen atoms in total. The van der Waals surface area contributed by atoms with Crippen LogP contribution in [0.4, 0.5) is 14.5 Å². The average molecular weight is 282 g/mol. The van der Waals surface area contributed by atoms with Crippen molar-refractivity contribution in [3.05, 3.63) is 29.3 Å². The molecule has 2 aliphatic rings. The first-order valence-corrected chi connectivity index (χ1v) is 6.73. The second-order valence-corrected chi connectivity index (χ2v) is 5.55. The summed E-state index contributed by atoms with van der Waals surface area (Å²) in [4.78, 5) is 14.0. The molecule has 1 aromatic carbocycles. The Kier molecular flexibility index (Phi) is 3.12. The number of aliphatic hydroxyl groups excluding tert-OH is 1. The van der Waals surface area contributed by atoms with Crippen molar-refractivity contribution in [2.45, 2.75) is 43.9 Å². The third-order valence-electron chi connectivity index (χ3n) is 4.28. The van der Waals surface area contributed by atoms with Crippen LogP contribution in [0, 0.1) is 11.6 Å². The number of piperidine rings is 1. The lowest BCUT2D eigenvalue weighted by atomic mass is 9.98. The van der Waals surface area contributed by atoms with Crippen molar-refractivity contribution in [2.24, 2.45) is 0 Å². The van der Waals surface area contributed by atoms with Crippen molar-refractivity contribution in [1.82, 2.24) is 4.90 Å². The maximum atomic E-state index is 14.0. The van der Waals surface area contributed by atoms with Crippen LogP contribution in [0.3, 0.4) is 0 Å². The molecule has 20 heavy (non-hydrogen) atoms. The highest BCUT2D eigenvalue weighted by Gasteiger charge is 2.44. The van der Waals surface area contributed by atoms with E-state index in [1.54, 1.807) is 0 Å². The highest BCUT2D eigenvalue weighted by atomic mass is 19.1. The smallest absolute Gasteiger partial charge is 0.260 e. The van der Waals surface area contributed by atoms with Crippen LogP contribution in [-0.2, 0) is 0 Å². The van der Waals surface area contributed by atoms with Crippen molar-refractivity contribution in [1.29, 1.82) is 0 Å². The zero-order chi connectivity index (χ0) is 14.4. The van der Waals surface area contributed by atoms with E-state index in [-0.39, 0.29) is 17.8 Å². The summed E-state index contributed by atoms with van der Waals surface area (Å²) in [6.07, 6.45) is 2.02. The van der Waals surface area contributed by atoms with Crippen LogP contribution in [0.5, 0.6) is 0 Å². The zero-order valence-electron chi connectivity index (χ0n) is 10.9. The van der Waals surface area contributed by atoms with Crippen LogP contribution in [0.25, 0.3) is 0 Å². The molecular weight excluding hydrogens is 266 g/mol. The van der Waals surface area contributed by atoms with Gasteiger partial charge in [-0.05, 0) is 37.8 Å². The summed E-state index contributed by atoms with van der Waals surface area (Å²) in [5.41, 5.74) is 4.59. The lowest BCUT2D eigenvalue weighted by Crippen LogP contribution is -2.48. The summed E-state index contributed by atoms with van der Waals surface area (Å²) >= 11 is 0. The Balaban J connectivity index is 1.96. The van der Waals surface area contributed by atoms with Crippen LogP contribution in [0.2, 0.25) is 0 Å². The lowest BCUT2D eigenvalue weighted by Gasteiger charge is -2.37. The van der Waals surface area contributed by atoms with E-state index in [9.17, 15) is 18.7 Å². The SMILES string of the molecule is Nc1ccc(F)c(C(=O)N2C3CCC2CC(O)C3)c1F. The third kappa shape index (κ3) is 1.95. The van der Waals surface area contributed by atoms with E-state index < -0.39 is 29.2 Å². The molecule has 2 saturated heterocycles. The largest absolute Gasteiger partial charge is 0.396 e. The molecule has 2 atom stereocenters. The van der Waals surface area contributed by atoms with Crippen LogP contribution < -0.4 is 5.73 Å². The highest BCUT2D eigenvalue weighted by molar-refractivity contribution is 5.96. The summed E-state index contributed by atoms with van der Waals surface area (Å²) in [7, 11) is 0. The molecule has 2 unspecified atom stereocenters. The average Bonchev–Trinajstić information content (AvgIpc) is 2.67. The molecule has 0 aliphatic carbocycles. The van der Waals surface area contributed by atoms with Crippen molar-refractivity contribution in [2.75, 3.05) is 5.73 Å². The summed E-state index contributed by atoms with van der Waals surface area (Å²) in [6.45, 7) is 0. The van der Waals surface area contributed by atoms with Gasteiger partial charge in [-0.25, -0.2) is 8.78 Å². The fourth-order valence-electron chi connectivity index (χ4n) is 3.37. The molecule has 108 valence electrons. The van der Waals surface area contributed by atoms with Crippen molar-refractivity contribution >= 4 is 11.6 Å². The molecule has 3 N–H and O–H groups in total. The van der Waals surface area contributed by atoms with Crippen LogP contribution in [0.1, 0.15) is 36.0 Å². The Labute approximate surface area is 115 Å². The predicted molar refractivity (Wildman–Crippen MR) is 69.0 cm³/mol. The van der Waals surface area contributed by atoms with Gasteiger partial charge >= 0.3 is 0 Å². The summed E-state index contributed by atoms with van der Waals surface area (Å²) in [5, 5.41) is 9.71. The lowest BCUT2D eigenvalue weighted by molar-refractivity contribution is 0.0280. The number of carbonyl (C=O) groups is 1. The first-order valence-electron chi connectivity index (χ1n) is 6.73. The van der Waals surface area contributed by atoms with Gasteiger partial charge in [-0.15, -0.1) is 0 Å². The third-order valence-corrected chi connectivity index (χ3v) is 4.28. The van der Waals surface area contributed by atoms with Gasteiger partial charge in [0.25, 0.3) is 5.91 Å². The van der Waals surface area contributed by atoms with Gasteiger partial charge in [0, 0.05) is 12.1 Å². The number of rotatable bonds is 1. The molecular formula is C14H16F2N2O2. The Morgan fingerprint density at radius 3 is 2.45 bits per heavy atom. The number of nitrogens with zero attached hydrogens (tertiary/aromatic N) is 1. The van der Waals surface area contributed by atoms with Gasteiger partial charge in [0.1, 0.15) is 11.4 Å². The van der Waals surface area contributed by atoms with Crippen LogP contribution >= 0.6 is 0 Å². The van der Waals surface area contributed by atoms with Crippen molar-refractivity contribution < 1.29 is 18.7 Å². The number of hydrogen-bond donors (Lipinski definition) is 2. The minimum absolute atomic E-state index is 0.142. The molecule has 0 radical (unpaired) electrons.